The molecule has 0 radical (unpaired) electrons. The summed E-state index contributed by atoms with van der Waals surface area (Å²) in [7, 11) is 0. The predicted octanol–water partition coefficient (Wildman–Crippen LogP) is 6.52. The molecule has 1 fully saturated rings. The van der Waals surface area contributed by atoms with E-state index in [1.54, 1.807) is 5.57 Å². The normalized spacial score (nSPS) is 24.9. The molecular weight excluding hydrogens is 256 g/mol. The van der Waals surface area contributed by atoms with Crippen LogP contribution in [0.4, 0.5) is 0 Å². The van der Waals surface area contributed by atoms with E-state index in [1.165, 1.54) is 57.8 Å². The van der Waals surface area contributed by atoms with Gasteiger partial charge in [-0.2, -0.15) is 0 Å². The summed E-state index contributed by atoms with van der Waals surface area (Å²) in [5.41, 5.74) is 1.81. The topological polar surface area (TPSA) is 12.5 Å². The Hall–Kier alpha value is -0.300. The van der Waals surface area contributed by atoms with Crippen molar-refractivity contribution in [3.63, 3.8) is 0 Å². The molecule has 0 spiro atoms. The third-order valence-corrected chi connectivity index (χ3v) is 5.19. The summed E-state index contributed by atoms with van der Waals surface area (Å²) in [5, 5.41) is 0. The molecule has 0 aromatic carbocycles. The molecule has 0 bridgehead atoms. The lowest BCUT2D eigenvalue weighted by atomic mass is 9.91. The summed E-state index contributed by atoms with van der Waals surface area (Å²) in [5.74, 6) is 1.80. The number of hydrogen-bond donors (Lipinski definition) is 0. The van der Waals surface area contributed by atoms with Crippen LogP contribution >= 0.6 is 0 Å². The lowest BCUT2D eigenvalue weighted by Crippen LogP contribution is -2.05. The van der Waals surface area contributed by atoms with Crippen LogP contribution in [0.3, 0.4) is 0 Å². The maximum Gasteiger partial charge on any atom is 0.0888 e. The zero-order valence-corrected chi connectivity index (χ0v) is 15.2. The van der Waals surface area contributed by atoms with Crippen LogP contribution in [0.1, 0.15) is 92.4 Å². The minimum absolute atomic E-state index is 0.263. The third-order valence-electron chi connectivity index (χ3n) is 5.19. The number of hydrogen-bond acceptors (Lipinski definition) is 1. The fourth-order valence-electron chi connectivity index (χ4n) is 3.07. The van der Waals surface area contributed by atoms with Crippen LogP contribution < -0.4 is 0 Å². The average molecular weight is 295 g/mol. The van der Waals surface area contributed by atoms with Gasteiger partial charge in [0.1, 0.15) is 0 Å². The van der Waals surface area contributed by atoms with Crippen LogP contribution in [0.25, 0.3) is 0 Å². The van der Waals surface area contributed by atoms with Gasteiger partial charge in [-0.3, -0.25) is 0 Å². The summed E-state index contributed by atoms with van der Waals surface area (Å²) in [6.07, 6.45) is 14.5. The first-order valence-electron chi connectivity index (χ1n) is 9.21. The van der Waals surface area contributed by atoms with E-state index in [-0.39, 0.29) is 5.60 Å². The van der Waals surface area contributed by atoms with Crippen LogP contribution in [-0.4, -0.2) is 12.2 Å². The van der Waals surface area contributed by atoms with E-state index < -0.39 is 0 Å². The zero-order chi connectivity index (χ0) is 15.7. The lowest BCUT2D eigenvalue weighted by Gasteiger charge is -2.15. The van der Waals surface area contributed by atoms with Crippen LogP contribution in [0.5, 0.6) is 0 Å². The molecule has 0 aromatic heterocycles. The summed E-state index contributed by atoms with van der Waals surface area (Å²) >= 11 is 0. The Morgan fingerprint density at radius 3 is 2.10 bits per heavy atom. The van der Waals surface area contributed by atoms with E-state index in [4.69, 9.17) is 4.74 Å². The third kappa shape index (κ3) is 9.34. The molecule has 3 atom stereocenters. The van der Waals surface area contributed by atoms with Gasteiger partial charge >= 0.3 is 0 Å². The second-order valence-corrected chi connectivity index (χ2v) is 7.80. The SMILES string of the molecule is C/C=C(\C)CCC[C@H](C)CCC[C@H](C)CCCC1(C)CO1. The van der Waals surface area contributed by atoms with E-state index in [0.29, 0.717) is 0 Å². The highest BCUT2D eigenvalue weighted by atomic mass is 16.6. The van der Waals surface area contributed by atoms with Crippen molar-refractivity contribution in [3.05, 3.63) is 11.6 Å². The second kappa shape index (κ2) is 9.66. The van der Waals surface area contributed by atoms with Crippen molar-refractivity contribution in [3.8, 4) is 0 Å². The summed E-state index contributed by atoms with van der Waals surface area (Å²) < 4.78 is 5.45. The largest absolute Gasteiger partial charge is 0.370 e. The molecule has 1 aliphatic rings. The lowest BCUT2D eigenvalue weighted by molar-refractivity contribution is 0.293. The van der Waals surface area contributed by atoms with Crippen molar-refractivity contribution in [1.29, 1.82) is 0 Å². The average Bonchev–Trinajstić information content (AvgIpc) is 3.16. The van der Waals surface area contributed by atoms with Crippen molar-refractivity contribution in [1.82, 2.24) is 0 Å². The molecule has 1 aliphatic heterocycles. The molecular formula is C20H38O. The van der Waals surface area contributed by atoms with Crippen molar-refractivity contribution >= 4 is 0 Å². The predicted molar refractivity (Wildman–Crippen MR) is 93.7 cm³/mol. The highest BCUT2D eigenvalue weighted by molar-refractivity contribution is 4.94. The highest BCUT2D eigenvalue weighted by Crippen LogP contribution is 2.32. The highest BCUT2D eigenvalue weighted by Gasteiger charge is 2.38. The van der Waals surface area contributed by atoms with Gasteiger partial charge in [-0.05, 0) is 51.9 Å². The zero-order valence-electron chi connectivity index (χ0n) is 15.2. The van der Waals surface area contributed by atoms with Crippen molar-refractivity contribution in [2.75, 3.05) is 6.61 Å². The summed E-state index contributed by atoms with van der Waals surface area (Å²) in [6.45, 7) is 12.5. The monoisotopic (exact) mass is 294 g/mol. The quantitative estimate of drug-likeness (QED) is 0.295. The molecule has 124 valence electrons. The first kappa shape index (κ1) is 18.7. The Kier molecular flexibility index (Phi) is 8.63. The van der Waals surface area contributed by atoms with Gasteiger partial charge in [-0.25, -0.2) is 0 Å². The van der Waals surface area contributed by atoms with Gasteiger partial charge in [-0.15, -0.1) is 0 Å². The van der Waals surface area contributed by atoms with Gasteiger partial charge in [-0.1, -0.05) is 64.0 Å². The number of allylic oxidation sites excluding steroid dienone is 2. The molecule has 0 saturated carbocycles. The molecule has 1 saturated heterocycles. The second-order valence-electron chi connectivity index (χ2n) is 7.80. The van der Waals surface area contributed by atoms with E-state index in [1.807, 2.05) is 0 Å². The van der Waals surface area contributed by atoms with Gasteiger partial charge in [0, 0.05) is 0 Å². The number of ether oxygens (including phenoxy) is 1. The van der Waals surface area contributed by atoms with Gasteiger partial charge in [0.15, 0.2) is 0 Å². The minimum Gasteiger partial charge on any atom is -0.370 e. The van der Waals surface area contributed by atoms with Crippen LogP contribution in [0.15, 0.2) is 11.6 Å². The molecule has 1 unspecified atom stereocenters. The standard InChI is InChI=1S/C20H38O/c1-6-17(2)10-7-11-18(3)12-8-13-19(4)14-9-15-20(5)16-21-20/h6,18-19H,7-16H2,1-5H3/b17-6+/t18-,19-,20?/m0/s1. The molecule has 21 heavy (non-hydrogen) atoms. The Morgan fingerprint density at radius 1 is 1.05 bits per heavy atom. The first-order valence-corrected chi connectivity index (χ1v) is 9.21. The maximum absolute atomic E-state index is 5.45. The summed E-state index contributed by atoms with van der Waals surface area (Å²) in [6, 6.07) is 0. The van der Waals surface area contributed by atoms with Crippen molar-refractivity contribution < 1.29 is 4.74 Å². The van der Waals surface area contributed by atoms with E-state index >= 15 is 0 Å². The molecule has 1 nitrogen and oxygen atoms in total. The molecule has 1 rings (SSSR count). The van der Waals surface area contributed by atoms with Crippen molar-refractivity contribution in [2.45, 2.75) is 98.0 Å². The van der Waals surface area contributed by atoms with Crippen LogP contribution in [0.2, 0.25) is 0 Å². The van der Waals surface area contributed by atoms with Gasteiger partial charge in [0.2, 0.25) is 0 Å². The Balaban J connectivity index is 1.93. The van der Waals surface area contributed by atoms with Crippen molar-refractivity contribution in [2.24, 2.45) is 11.8 Å². The molecule has 1 heterocycles. The van der Waals surface area contributed by atoms with Gasteiger partial charge in [0.05, 0.1) is 12.2 Å². The van der Waals surface area contributed by atoms with E-state index in [9.17, 15) is 0 Å². The Morgan fingerprint density at radius 2 is 1.57 bits per heavy atom. The Labute approximate surface area is 133 Å². The van der Waals surface area contributed by atoms with Gasteiger partial charge < -0.3 is 4.74 Å². The molecule has 0 aliphatic carbocycles. The fourth-order valence-corrected chi connectivity index (χ4v) is 3.07. The molecule has 0 aromatic rings. The molecule has 0 amide bonds. The number of rotatable bonds is 12. The maximum atomic E-state index is 5.45. The van der Waals surface area contributed by atoms with Crippen LogP contribution in [0, 0.1) is 11.8 Å². The molecule has 1 heteroatoms. The Bertz CT molecular complexity index is 301. The minimum atomic E-state index is 0.263. The number of epoxide rings is 1. The van der Waals surface area contributed by atoms with Crippen LogP contribution in [-0.2, 0) is 4.74 Å². The van der Waals surface area contributed by atoms with Gasteiger partial charge in [0.25, 0.3) is 0 Å². The fraction of sp³-hybridized carbons (Fsp3) is 0.900. The molecule has 0 N–H and O–H groups in total. The van der Waals surface area contributed by atoms with E-state index in [2.05, 4.69) is 40.7 Å². The summed E-state index contributed by atoms with van der Waals surface area (Å²) in [4.78, 5) is 0. The first-order chi connectivity index (χ1) is 9.95. The van der Waals surface area contributed by atoms with E-state index in [0.717, 1.165) is 18.4 Å². The smallest absolute Gasteiger partial charge is 0.0888 e.